The lowest BCUT2D eigenvalue weighted by Gasteiger charge is -2.29. The molecule has 0 fully saturated rings. The Labute approximate surface area is 202 Å². The van der Waals surface area contributed by atoms with E-state index in [4.69, 9.17) is 4.74 Å². The zero-order chi connectivity index (χ0) is 25.3. The van der Waals surface area contributed by atoms with Gasteiger partial charge in [-0.25, -0.2) is 8.42 Å². The van der Waals surface area contributed by atoms with Gasteiger partial charge in [0.1, 0.15) is 11.8 Å². The molecule has 0 spiro atoms. The first-order valence-corrected chi connectivity index (χ1v) is 13.2. The number of ether oxygens (including phenoxy) is 1. The molecule has 186 valence electrons. The van der Waals surface area contributed by atoms with Crippen molar-refractivity contribution in [1.82, 2.24) is 10.2 Å². The fraction of sp³-hybridized carbons (Fsp3) is 0.440. The first-order valence-electron chi connectivity index (χ1n) is 11.3. The Morgan fingerprint density at radius 2 is 1.68 bits per heavy atom. The zero-order valence-corrected chi connectivity index (χ0v) is 21.4. The summed E-state index contributed by atoms with van der Waals surface area (Å²) in [6.45, 7) is 6.50. The highest BCUT2D eigenvalue weighted by atomic mass is 32.2. The molecule has 1 N–H and O–H groups in total. The maximum atomic E-state index is 13.1. The average molecular weight is 490 g/mol. The van der Waals surface area contributed by atoms with Crippen LogP contribution >= 0.6 is 0 Å². The average Bonchev–Trinajstić information content (AvgIpc) is 2.80. The molecule has 2 aromatic carbocycles. The van der Waals surface area contributed by atoms with Crippen molar-refractivity contribution in [3.05, 3.63) is 59.7 Å². The molecule has 0 aliphatic heterocycles. The number of carbonyl (C=O) groups excluding carboxylic acids is 2. The highest BCUT2D eigenvalue weighted by Gasteiger charge is 2.26. The second-order valence-electron chi connectivity index (χ2n) is 8.16. The minimum absolute atomic E-state index is 0.107. The second-order valence-corrected chi connectivity index (χ2v) is 10.1. The molecule has 0 unspecified atom stereocenters. The monoisotopic (exact) mass is 489 g/mol. The quantitative estimate of drug-likeness (QED) is 0.494. The first kappa shape index (κ1) is 27.2. The summed E-state index contributed by atoms with van der Waals surface area (Å²) in [5, 5.41) is 2.59. The third kappa shape index (κ3) is 7.76. The van der Waals surface area contributed by atoms with Gasteiger partial charge in [-0.3, -0.25) is 13.9 Å². The number of anilines is 1. The molecule has 34 heavy (non-hydrogen) atoms. The van der Waals surface area contributed by atoms with Crippen LogP contribution in [0.3, 0.4) is 0 Å². The number of amides is 2. The predicted octanol–water partition coefficient (Wildman–Crippen LogP) is 3.10. The van der Waals surface area contributed by atoms with E-state index in [9.17, 15) is 18.0 Å². The van der Waals surface area contributed by atoms with E-state index in [1.54, 1.807) is 31.2 Å². The van der Waals surface area contributed by atoms with Gasteiger partial charge in [0.25, 0.3) is 0 Å². The van der Waals surface area contributed by atoms with Crippen molar-refractivity contribution < 1.29 is 22.7 Å². The van der Waals surface area contributed by atoms with Gasteiger partial charge in [-0.05, 0) is 57.0 Å². The van der Waals surface area contributed by atoms with Crippen molar-refractivity contribution in [1.29, 1.82) is 0 Å². The van der Waals surface area contributed by atoms with Gasteiger partial charge >= 0.3 is 0 Å². The highest BCUT2D eigenvalue weighted by molar-refractivity contribution is 7.92. The molecule has 0 aromatic heterocycles. The number of carbonyl (C=O) groups is 2. The number of nitrogens with one attached hydrogen (secondary N) is 1. The summed E-state index contributed by atoms with van der Waals surface area (Å²) < 4.78 is 31.5. The van der Waals surface area contributed by atoms with Crippen molar-refractivity contribution in [2.45, 2.75) is 46.2 Å². The third-order valence-corrected chi connectivity index (χ3v) is 6.67. The van der Waals surface area contributed by atoms with Crippen molar-refractivity contribution in [2.75, 3.05) is 30.8 Å². The molecule has 9 heteroatoms. The number of aryl methyl sites for hydroxylation is 1. The fourth-order valence-corrected chi connectivity index (χ4v) is 4.53. The molecule has 2 aromatic rings. The lowest BCUT2D eigenvalue weighted by molar-refractivity contribution is -0.140. The van der Waals surface area contributed by atoms with Gasteiger partial charge in [-0.15, -0.1) is 0 Å². The molecule has 8 nitrogen and oxygen atoms in total. The van der Waals surface area contributed by atoms with Crippen molar-refractivity contribution in [2.24, 2.45) is 0 Å². The van der Waals surface area contributed by atoms with Crippen LogP contribution in [0.15, 0.2) is 48.5 Å². The Bertz CT molecular complexity index is 1050. The Morgan fingerprint density at radius 3 is 2.21 bits per heavy atom. The number of sulfonamides is 1. The van der Waals surface area contributed by atoms with Gasteiger partial charge in [0.2, 0.25) is 21.8 Å². The summed E-state index contributed by atoms with van der Waals surface area (Å²) in [7, 11) is -2.01. The van der Waals surface area contributed by atoms with E-state index in [1.807, 2.05) is 38.1 Å². The molecule has 0 saturated heterocycles. The van der Waals surface area contributed by atoms with Crippen LogP contribution in [0, 0.1) is 6.92 Å². The summed E-state index contributed by atoms with van der Waals surface area (Å²) in [4.78, 5) is 26.9. The largest absolute Gasteiger partial charge is 0.494 e. The van der Waals surface area contributed by atoms with Gasteiger partial charge in [-0.2, -0.15) is 0 Å². The fourth-order valence-electron chi connectivity index (χ4n) is 3.56. The number of nitrogens with zero attached hydrogens (tertiary/aromatic N) is 2. The molecule has 1 atom stereocenters. The van der Waals surface area contributed by atoms with Crippen molar-refractivity contribution in [3.8, 4) is 5.75 Å². The van der Waals surface area contributed by atoms with Crippen molar-refractivity contribution in [3.63, 3.8) is 0 Å². The molecular weight excluding hydrogens is 454 g/mol. The van der Waals surface area contributed by atoms with E-state index in [2.05, 4.69) is 5.32 Å². The van der Waals surface area contributed by atoms with E-state index < -0.39 is 16.1 Å². The molecule has 0 aliphatic carbocycles. The van der Waals surface area contributed by atoms with Crippen LogP contribution < -0.4 is 14.4 Å². The molecule has 0 aliphatic rings. The van der Waals surface area contributed by atoms with Crippen LogP contribution in [-0.2, 0) is 26.2 Å². The highest BCUT2D eigenvalue weighted by Crippen LogP contribution is 2.22. The van der Waals surface area contributed by atoms with Crippen LogP contribution in [0.25, 0.3) is 0 Å². The molecule has 2 rings (SSSR count). The minimum Gasteiger partial charge on any atom is -0.494 e. The van der Waals surface area contributed by atoms with Gasteiger partial charge in [0.05, 0.1) is 18.6 Å². The van der Waals surface area contributed by atoms with Crippen LogP contribution in [0.2, 0.25) is 0 Å². The van der Waals surface area contributed by atoms with E-state index in [0.717, 1.165) is 17.4 Å². The normalized spacial score (nSPS) is 12.0. The van der Waals surface area contributed by atoms with E-state index in [1.165, 1.54) is 16.3 Å². The minimum atomic E-state index is -3.54. The molecule has 0 saturated carbocycles. The number of hydrogen-bond donors (Lipinski definition) is 1. The van der Waals surface area contributed by atoms with Gasteiger partial charge in [-0.1, -0.05) is 29.8 Å². The Balaban J connectivity index is 2.12. The maximum Gasteiger partial charge on any atom is 0.242 e. The third-order valence-electron chi connectivity index (χ3n) is 5.48. The first-order chi connectivity index (χ1) is 16.1. The molecule has 0 heterocycles. The van der Waals surface area contributed by atoms with E-state index in [0.29, 0.717) is 31.0 Å². The lowest BCUT2D eigenvalue weighted by Crippen LogP contribution is -2.46. The van der Waals surface area contributed by atoms with Gasteiger partial charge in [0.15, 0.2) is 0 Å². The van der Waals surface area contributed by atoms with Gasteiger partial charge < -0.3 is 15.0 Å². The smallest absolute Gasteiger partial charge is 0.242 e. The van der Waals surface area contributed by atoms with Crippen LogP contribution in [0.4, 0.5) is 5.69 Å². The van der Waals surface area contributed by atoms with Gasteiger partial charge in [0, 0.05) is 26.6 Å². The number of benzene rings is 2. The van der Waals surface area contributed by atoms with Crippen LogP contribution in [-0.4, -0.2) is 57.6 Å². The van der Waals surface area contributed by atoms with Crippen LogP contribution in [0.1, 0.15) is 37.8 Å². The molecular formula is C25H35N3O5S. The molecule has 0 bridgehead atoms. The van der Waals surface area contributed by atoms with E-state index >= 15 is 0 Å². The summed E-state index contributed by atoms with van der Waals surface area (Å²) in [6, 6.07) is 13.9. The van der Waals surface area contributed by atoms with Crippen molar-refractivity contribution >= 4 is 27.5 Å². The lowest BCUT2D eigenvalue weighted by atomic mass is 10.1. The summed E-state index contributed by atoms with van der Waals surface area (Å²) in [6.07, 6.45) is 1.56. The Hall–Kier alpha value is -3.07. The molecule has 0 radical (unpaired) electrons. The Morgan fingerprint density at radius 1 is 1.06 bits per heavy atom. The number of rotatable bonds is 12. The maximum absolute atomic E-state index is 13.1. The molecule has 2 amide bonds. The second kappa shape index (κ2) is 12.4. The Kier molecular flexibility index (Phi) is 9.92. The van der Waals surface area contributed by atoms with Crippen LogP contribution in [0.5, 0.6) is 5.75 Å². The summed E-state index contributed by atoms with van der Waals surface area (Å²) in [5.41, 5.74) is 2.53. The number of hydrogen-bond acceptors (Lipinski definition) is 5. The zero-order valence-electron chi connectivity index (χ0n) is 20.6. The SMILES string of the molecule is CCOc1ccc(N(CCCC(=O)N(Cc2ccc(C)cc2)[C@@H](C)C(=O)NC)S(C)(=O)=O)cc1. The van der Waals surface area contributed by atoms with E-state index in [-0.39, 0.29) is 24.8 Å². The summed E-state index contributed by atoms with van der Waals surface area (Å²) >= 11 is 0. The summed E-state index contributed by atoms with van der Waals surface area (Å²) in [5.74, 6) is 0.189. The topological polar surface area (TPSA) is 96.0 Å². The number of likely N-dealkylation sites (N-methyl/N-ethyl adjacent to an activating group) is 1. The standard InChI is InChI=1S/C25H35N3O5S/c1-6-33-23-15-13-22(14-16-23)28(34(5,31)32)17-7-8-24(29)27(20(3)25(30)26-4)18-21-11-9-19(2)10-12-21/h9-16,20H,6-8,17-18H2,1-5H3,(H,26,30)/t20-/m0/s1. The predicted molar refractivity (Wildman–Crippen MR) is 134 cm³/mol.